The molecule has 2 aliphatic carbocycles. The molecule has 1 heterocycles. The van der Waals surface area contributed by atoms with Crippen molar-refractivity contribution in [3.63, 3.8) is 0 Å². The molecule has 3 fully saturated rings. The molecule has 0 unspecified atom stereocenters. The third kappa shape index (κ3) is 4.61. The van der Waals surface area contributed by atoms with E-state index in [4.69, 9.17) is 0 Å². The number of amides is 3. The summed E-state index contributed by atoms with van der Waals surface area (Å²) in [6.45, 7) is 4.48. The normalized spacial score (nSPS) is 27.6. The maximum atomic E-state index is 12.1. The van der Waals surface area contributed by atoms with Crippen LogP contribution in [0.1, 0.15) is 64.7 Å². The Kier molecular flexibility index (Phi) is 5.12. The second kappa shape index (κ2) is 7.10. The maximum Gasteiger partial charge on any atom is 0.314 e. The Bertz CT molecular complexity index is 440. The Labute approximate surface area is 139 Å². The Morgan fingerprint density at radius 3 is 2.52 bits per heavy atom. The fourth-order valence-electron chi connectivity index (χ4n) is 4.04. The highest BCUT2D eigenvalue weighted by Gasteiger charge is 2.39. The van der Waals surface area contributed by atoms with Gasteiger partial charge < -0.3 is 15.5 Å². The van der Waals surface area contributed by atoms with Crippen molar-refractivity contribution in [1.82, 2.24) is 15.5 Å². The van der Waals surface area contributed by atoms with Gasteiger partial charge in [0, 0.05) is 38.0 Å². The van der Waals surface area contributed by atoms with Gasteiger partial charge in [-0.1, -0.05) is 32.6 Å². The van der Waals surface area contributed by atoms with Gasteiger partial charge in [0.2, 0.25) is 5.91 Å². The summed E-state index contributed by atoms with van der Waals surface area (Å²) in [5, 5.41) is 6.02. The summed E-state index contributed by atoms with van der Waals surface area (Å²) in [5.41, 5.74) is 0.250. The summed E-state index contributed by atoms with van der Waals surface area (Å²) in [5.74, 6) is 0.549. The summed E-state index contributed by atoms with van der Waals surface area (Å²) < 4.78 is 0. The Hall–Kier alpha value is -1.26. The van der Waals surface area contributed by atoms with Crippen LogP contribution in [0.25, 0.3) is 0 Å². The molecule has 5 heteroatoms. The summed E-state index contributed by atoms with van der Waals surface area (Å²) in [7, 11) is 0. The number of nitrogens with one attached hydrogen (secondary N) is 2. The second-order valence-electron chi connectivity index (χ2n) is 8.14. The Morgan fingerprint density at radius 1 is 1.17 bits per heavy atom. The molecule has 1 saturated heterocycles. The summed E-state index contributed by atoms with van der Waals surface area (Å²) in [4.78, 5) is 26.0. The molecule has 3 amide bonds. The molecule has 0 aromatic rings. The van der Waals surface area contributed by atoms with Gasteiger partial charge in [-0.15, -0.1) is 0 Å². The highest BCUT2D eigenvalue weighted by molar-refractivity contribution is 5.79. The number of carbonyl (C=O) groups is 2. The minimum atomic E-state index is -0.0761. The molecular formula is C18H31N3O2. The van der Waals surface area contributed by atoms with Crippen LogP contribution in [-0.2, 0) is 4.79 Å². The van der Waals surface area contributed by atoms with Crippen LogP contribution < -0.4 is 10.6 Å². The summed E-state index contributed by atoms with van der Waals surface area (Å²) >= 11 is 0. The number of nitrogens with zero attached hydrogens (tertiary/aromatic N) is 1. The van der Waals surface area contributed by atoms with E-state index in [9.17, 15) is 9.59 Å². The number of likely N-dealkylation sites (tertiary alicyclic amines) is 1. The molecule has 130 valence electrons. The van der Waals surface area contributed by atoms with Crippen molar-refractivity contribution in [2.75, 3.05) is 19.6 Å². The minimum absolute atomic E-state index is 0.0761. The minimum Gasteiger partial charge on any atom is -0.339 e. The lowest BCUT2D eigenvalue weighted by molar-refractivity contribution is -0.128. The molecule has 1 atom stereocenters. The third-order valence-corrected chi connectivity index (χ3v) is 5.76. The lowest BCUT2D eigenvalue weighted by Gasteiger charge is -2.28. The van der Waals surface area contributed by atoms with Gasteiger partial charge in [-0.2, -0.15) is 0 Å². The van der Waals surface area contributed by atoms with Gasteiger partial charge in [0.25, 0.3) is 0 Å². The van der Waals surface area contributed by atoms with Crippen molar-refractivity contribution in [2.24, 2.45) is 11.3 Å². The van der Waals surface area contributed by atoms with E-state index in [0.29, 0.717) is 19.0 Å². The van der Waals surface area contributed by atoms with Crippen molar-refractivity contribution in [3.8, 4) is 0 Å². The largest absolute Gasteiger partial charge is 0.339 e. The average molecular weight is 321 g/mol. The van der Waals surface area contributed by atoms with Crippen LogP contribution in [0.3, 0.4) is 0 Å². The van der Waals surface area contributed by atoms with Crippen LogP contribution in [0.5, 0.6) is 0 Å². The number of hydrogen-bond acceptors (Lipinski definition) is 2. The molecule has 1 aliphatic heterocycles. The lowest BCUT2D eigenvalue weighted by atomic mass is 9.82. The first-order valence-electron chi connectivity index (χ1n) is 9.37. The van der Waals surface area contributed by atoms with Crippen LogP contribution >= 0.6 is 0 Å². The van der Waals surface area contributed by atoms with Gasteiger partial charge in [-0.25, -0.2) is 4.79 Å². The molecule has 0 aromatic carbocycles. The number of urea groups is 1. The van der Waals surface area contributed by atoms with Crippen LogP contribution in [0.15, 0.2) is 0 Å². The molecule has 0 aromatic heterocycles. The second-order valence-corrected chi connectivity index (χ2v) is 8.14. The molecule has 3 aliphatic rings. The van der Waals surface area contributed by atoms with Crippen LogP contribution in [0.4, 0.5) is 4.79 Å². The summed E-state index contributed by atoms with van der Waals surface area (Å²) in [6.07, 6.45) is 10.5. The molecular weight excluding hydrogens is 290 g/mol. The van der Waals surface area contributed by atoms with Crippen molar-refractivity contribution in [3.05, 3.63) is 0 Å². The zero-order chi connectivity index (χ0) is 16.3. The van der Waals surface area contributed by atoms with E-state index in [0.717, 1.165) is 25.9 Å². The molecule has 2 saturated carbocycles. The van der Waals surface area contributed by atoms with E-state index < -0.39 is 0 Å². The average Bonchev–Trinajstić information content (AvgIpc) is 3.32. The van der Waals surface area contributed by atoms with Crippen LogP contribution in [0, 0.1) is 11.3 Å². The molecule has 0 spiro atoms. The highest BCUT2D eigenvalue weighted by atomic mass is 16.2. The van der Waals surface area contributed by atoms with E-state index in [1.54, 1.807) is 0 Å². The predicted molar refractivity (Wildman–Crippen MR) is 90.1 cm³/mol. The molecule has 5 nitrogen and oxygen atoms in total. The molecule has 0 radical (unpaired) electrons. The monoisotopic (exact) mass is 321 g/mol. The van der Waals surface area contributed by atoms with Gasteiger partial charge in [0.1, 0.15) is 0 Å². The lowest BCUT2D eigenvalue weighted by Crippen LogP contribution is -2.43. The van der Waals surface area contributed by atoms with E-state index in [1.165, 1.54) is 38.5 Å². The molecule has 23 heavy (non-hydrogen) atoms. The molecule has 2 N–H and O–H groups in total. The zero-order valence-corrected chi connectivity index (χ0v) is 14.4. The fraction of sp³-hybridized carbons (Fsp3) is 0.889. The van der Waals surface area contributed by atoms with E-state index >= 15 is 0 Å². The highest BCUT2D eigenvalue weighted by Crippen LogP contribution is 2.34. The SMILES string of the molecule is CC1(CNC(=O)NC[C@H]2CC(=O)N(C3CC3)C2)CCCCCC1. The van der Waals surface area contributed by atoms with Crippen molar-refractivity contribution < 1.29 is 9.59 Å². The van der Waals surface area contributed by atoms with E-state index in [1.807, 2.05) is 4.90 Å². The summed E-state index contributed by atoms with van der Waals surface area (Å²) in [6, 6.07) is 0.421. The zero-order valence-electron chi connectivity index (χ0n) is 14.4. The first-order chi connectivity index (χ1) is 11.1. The van der Waals surface area contributed by atoms with Crippen molar-refractivity contribution in [1.29, 1.82) is 0 Å². The Balaban J connectivity index is 1.35. The van der Waals surface area contributed by atoms with Gasteiger partial charge in [0.15, 0.2) is 0 Å². The quantitative estimate of drug-likeness (QED) is 0.765. The first kappa shape index (κ1) is 16.6. The van der Waals surface area contributed by atoms with Crippen LogP contribution in [-0.4, -0.2) is 42.5 Å². The smallest absolute Gasteiger partial charge is 0.314 e. The number of carbonyl (C=O) groups excluding carboxylic acids is 2. The van der Waals surface area contributed by atoms with Crippen molar-refractivity contribution >= 4 is 11.9 Å². The predicted octanol–water partition coefficient (Wildman–Crippen LogP) is 2.66. The van der Waals surface area contributed by atoms with Crippen LogP contribution in [0.2, 0.25) is 0 Å². The van der Waals surface area contributed by atoms with Gasteiger partial charge in [-0.05, 0) is 31.1 Å². The van der Waals surface area contributed by atoms with E-state index in [2.05, 4.69) is 17.6 Å². The number of rotatable bonds is 5. The van der Waals surface area contributed by atoms with Gasteiger partial charge in [0.05, 0.1) is 0 Å². The Morgan fingerprint density at radius 2 is 1.87 bits per heavy atom. The maximum absolute atomic E-state index is 12.1. The van der Waals surface area contributed by atoms with Gasteiger partial charge >= 0.3 is 6.03 Å². The van der Waals surface area contributed by atoms with E-state index in [-0.39, 0.29) is 23.3 Å². The first-order valence-corrected chi connectivity index (χ1v) is 9.37. The molecule has 3 rings (SSSR count). The molecule has 0 bridgehead atoms. The van der Waals surface area contributed by atoms with Crippen molar-refractivity contribution in [2.45, 2.75) is 70.8 Å². The number of hydrogen-bond donors (Lipinski definition) is 2. The topological polar surface area (TPSA) is 61.4 Å². The third-order valence-electron chi connectivity index (χ3n) is 5.76. The fourth-order valence-corrected chi connectivity index (χ4v) is 4.04. The van der Waals surface area contributed by atoms with Gasteiger partial charge in [-0.3, -0.25) is 4.79 Å². The standard InChI is InChI=1S/C18H31N3O2/c1-18(8-4-2-3-5-9-18)13-20-17(23)19-11-14-10-16(22)21(12-14)15-6-7-15/h14-15H,2-13H2,1H3,(H2,19,20,23)/t14-/m1/s1.